The van der Waals surface area contributed by atoms with Crippen LogP contribution in [0.2, 0.25) is 5.15 Å². The Kier molecular flexibility index (Phi) is 4.21. The van der Waals surface area contributed by atoms with Crippen molar-refractivity contribution < 1.29 is 8.42 Å². The fraction of sp³-hybridized carbons (Fsp3) is 0.545. The number of halogens is 1. The molecule has 1 heterocycles. The number of rotatable bonds is 6. The molecule has 1 aromatic heterocycles. The van der Waals surface area contributed by atoms with Gasteiger partial charge in [0.25, 0.3) is 0 Å². The van der Waals surface area contributed by atoms with Crippen LogP contribution in [-0.2, 0) is 10.0 Å². The third-order valence-corrected chi connectivity index (χ3v) is 4.60. The van der Waals surface area contributed by atoms with Crippen LogP contribution in [0.4, 0.5) is 0 Å². The summed E-state index contributed by atoms with van der Waals surface area (Å²) in [6, 6.07) is 3.40. The summed E-state index contributed by atoms with van der Waals surface area (Å²) in [6.07, 6.45) is 3.81. The van der Waals surface area contributed by atoms with Gasteiger partial charge in [0.2, 0.25) is 10.0 Å². The van der Waals surface area contributed by atoms with Gasteiger partial charge in [-0.2, -0.15) is 0 Å². The van der Waals surface area contributed by atoms with Crippen LogP contribution in [0.25, 0.3) is 0 Å². The number of likely N-dealkylation sites (N-methyl/N-ethyl adjacent to an activating group) is 1. The molecule has 1 N–H and O–H groups in total. The van der Waals surface area contributed by atoms with E-state index in [2.05, 4.69) is 14.6 Å². The summed E-state index contributed by atoms with van der Waals surface area (Å²) < 4.78 is 26.4. The van der Waals surface area contributed by atoms with Crippen molar-refractivity contribution in [2.75, 3.05) is 20.1 Å². The molecule has 0 aromatic carbocycles. The van der Waals surface area contributed by atoms with Gasteiger partial charge in [-0.3, -0.25) is 0 Å². The van der Waals surface area contributed by atoms with Crippen LogP contribution >= 0.6 is 11.6 Å². The van der Waals surface area contributed by atoms with Crippen LogP contribution in [-0.4, -0.2) is 44.5 Å². The summed E-state index contributed by atoms with van der Waals surface area (Å²) in [4.78, 5) is 6.08. The van der Waals surface area contributed by atoms with E-state index in [0.29, 0.717) is 19.1 Å². The smallest absolute Gasteiger partial charge is 0.240 e. The Bertz CT molecular complexity index is 517. The predicted octanol–water partition coefficient (Wildman–Crippen LogP) is 1.11. The topological polar surface area (TPSA) is 62.3 Å². The number of aromatic nitrogens is 1. The molecule has 0 radical (unpaired) electrons. The second-order valence-corrected chi connectivity index (χ2v) is 6.58. The third kappa shape index (κ3) is 3.65. The van der Waals surface area contributed by atoms with Crippen LogP contribution in [0, 0.1) is 0 Å². The summed E-state index contributed by atoms with van der Waals surface area (Å²) >= 11 is 5.67. The number of hydrogen-bond donors (Lipinski definition) is 1. The zero-order valence-corrected chi connectivity index (χ0v) is 11.7. The van der Waals surface area contributed by atoms with E-state index in [4.69, 9.17) is 11.6 Å². The fourth-order valence-electron chi connectivity index (χ4n) is 1.69. The molecule has 18 heavy (non-hydrogen) atoms. The maximum atomic E-state index is 11.9. The first-order valence-electron chi connectivity index (χ1n) is 5.80. The Hall–Kier alpha value is -0.690. The monoisotopic (exact) mass is 289 g/mol. The van der Waals surface area contributed by atoms with E-state index in [1.807, 2.05) is 7.05 Å². The normalized spacial score (nSPS) is 16.2. The molecule has 0 bridgehead atoms. The van der Waals surface area contributed by atoms with E-state index in [0.717, 1.165) is 0 Å². The first kappa shape index (κ1) is 13.7. The molecule has 2 rings (SSSR count). The van der Waals surface area contributed by atoms with Crippen molar-refractivity contribution >= 4 is 21.6 Å². The van der Waals surface area contributed by atoms with Crippen LogP contribution in [0.5, 0.6) is 0 Å². The summed E-state index contributed by atoms with van der Waals surface area (Å²) in [5.41, 5.74) is 0. The quantitative estimate of drug-likeness (QED) is 0.797. The average Bonchev–Trinajstić information content (AvgIpc) is 3.12. The average molecular weight is 290 g/mol. The molecule has 0 unspecified atom stereocenters. The van der Waals surface area contributed by atoms with Gasteiger partial charge in [0, 0.05) is 25.3 Å². The molecule has 1 fully saturated rings. The summed E-state index contributed by atoms with van der Waals surface area (Å²) in [7, 11) is -1.48. The summed E-state index contributed by atoms with van der Waals surface area (Å²) in [5, 5.41) is 0.174. The van der Waals surface area contributed by atoms with Crippen molar-refractivity contribution in [1.82, 2.24) is 14.6 Å². The van der Waals surface area contributed by atoms with Gasteiger partial charge in [0.15, 0.2) is 0 Å². The van der Waals surface area contributed by atoms with Crippen molar-refractivity contribution in [3.8, 4) is 0 Å². The van der Waals surface area contributed by atoms with Crippen molar-refractivity contribution in [2.24, 2.45) is 0 Å². The molecular formula is C11H16ClN3O2S. The lowest BCUT2D eigenvalue weighted by Gasteiger charge is -2.15. The van der Waals surface area contributed by atoms with Gasteiger partial charge in [0.1, 0.15) is 5.15 Å². The van der Waals surface area contributed by atoms with Gasteiger partial charge in [-0.05, 0) is 32.0 Å². The molecule has 7 heteroatoms. The predicted molar refractivity (Wildman–Crippen MR) is 70.1 cm³/mol. The summed E-state index contributed by atoms with van der Waals surface area (Å²) in [5.74, 6) is 0. The van der Waals surface area contributed by atoms with Gasteiger partial charge in [-0.15, -0.1) is 0 Å². The zero-order valence-electron chi connectivity index (χ0n) is 10.1. The maximum absolute atomic E-state index is 11.9. The van der Waals surface area contributed by atoms with Crippen LogP contribution in [0.1, 0.15) is 12.8 Å². The molecule has 0 atom stereocenters. The molecule has 0 aliphatic heterocycles. The van der Waals surface area contributed by atoms with Gasteiger partial charge >= 0.3 is 0 Å². The molecular weight excluding hydrogens is 274 g/mol. The van der Waals surface area contributed by atoms with Crippen LogP contribution < -0.4 is 4.72 Å². The molecule has 1 aromatic rings. The van der Waals surface area contributed by atoms with E-state index >= 15 is 0 Å². The number of pyridine rings is 1. The van der Waals surface area contributed by atoms with E-state index in [-0.39, 0.29) is 10.0 Å². The number of nitrogens with zero attached hydrogens (tertiary/aromatic N) is 2. The van der Waals surface area contributed by atoms with E-state index in [1.54, 1.807) is 0 Å². The zero-order chi connectivity index (χ0) is 13.2. The second-order valence-electron chi connectivity index (χ2n) is 4.42. The van der Waals surface area contributed by atoms with Gasteiger partial charge < -0.3 is 4.90 Å². The van der Waals surface area contributed by atoms with Crippen LogP contribution in [0.15, 0.2) is 23.2 Å². The van der Waals surface area contributed by atoms with Gasteiger partial charge in [-0.1, -0.05) is 11.6 Å². The highest BCUT2D eigenvalue weighted by Crippen LogP contribution is 2.24. The molecule has 1 aliphatic rings. The first-order chi connectivity index (χ1) is 8.49. The molecule has 100 valence electrons. The minimum absolute atomic E-state index is 0.150. The van der Waals surface area contributed by atoms with Crippen molar-refractivity contribution in [2.45, 2.75) is 23.8 Å². The standard InChI is InChI=1S/C11H16ClN3O2S/c1-15(9-2-3-9)7-6-14-18(16,17)10-4-5-13-11(12)8-10/h4-5,8-9,14H,2-3,6-7H2,1H3. The van der Waals surface area contributed by atoms with Gasteiger partial charge in [0.05, 0.1) is 4.90 Å². The summed E-state index contributed by atoms with van der Waals surface area (Å²) in [6.45, 7) is 1.11. The fourth-order valence-corrected chi connectivity index (χ4v) is 2.96. The molecule has 1 aliphatic carbocycles. The van der Waals surface area contributed by atoms with E-state index < -0.39 is 10.0 Å². The molecule has 0 spiro atoms. The van der Waals surface area contributed by atoms with Gasteiger partial charge in [-0.25, -0.2) is 18.1 Å². The number of hydrogen-bond acceptors (Lipinski definition) is 4. The lowest BCUT2D eigenvalue weighted by molar-refractivity contribution is 0.329. The molecule has 0 saturated heterocycles. The highest BCUT2D eigenvalue weighted by molar-refractivity contribution is 7.89. The Morgan fingerprint density at radius 2 is 2.28 bits per heavy atom. The first-order valence-corrected chi connectivity index (χ1v) is 7.66. The largest absolute Gasteiger partial charge is 0.302 e. The highest BCUT2D eigenvalue weighted by Gasteiger charge is 2.25. The lowest BCUT2D eigenvalue weighted by atomic mass is 10.5. The van der Waals surface area contributed by atoms with Crippen LogP contribution in [0.3, 0.4) is 0 Å². The third-order valence-electron chi connectivity index (χ3n) is 2.94. The van der Waals surface area contributed by atoms with Crippen molar-refractivity contribution in [1.29, 1.82) is 0 Å². The Balaban J connectivity index is 1.90. The maximum Gasteiger partial charge on any atom is 0.240 e. The minimum Gasteiger partial charge on any atom is -0.302 e. The van der Waals surface area contributed by atoms with Crippen molar-refractivity contribution in [3.05, 3.63) is 23.5 Å². The molecule has 1 saturated carbocycles. The highest BCUT2D eigenvalue weighted by atomic mass is 35.5. The Morgan fingerprint density at radius 3 is 2.89 bits per heavy atom. The minimum atomic E-state index is -3.48. The van der Waals surface area contributed by atoms with E-state index in [9.17, 15) is 8.42 Å². The molecule has 5 nitrogen and oxygen atoms in total. The SMILES string of the molecule is CN(CCNS(=O)(=O)c1ccnc(Cl)c1)C1CC1. The lowest BCUT2D eigenvalue weighted by Crippen LogP contribution is -2.34. The number of nitrogens with one attached hydrogen (secondary N) is 1. The molecule has 0 amide bonds. The van der Waals surface area contributed by atoms with Crippen molar-refractivity contribution in [3.63, 3.8) is 0 Å². The number of sulfonamides is 1. The Morgan fingerprint density at radius 1 is 1.56 bits per heavy atom. The second kappa shape index (κ2) is 5.52. The Labute approximate surface area is 112 Å². The van der Waals surface area contributed by atoms with E-state index in [1.165, 1.54) is 31.2 Å².